The van der Waals surface area contributed by atoms with Crippen molar-refractivity contribution in [1.29, 1.82) is 0 Å². The van der Waals surface area contributed by atoms with Crippen LogP contribution < -0.4 is 29.7 Å². The minimum absolute atomic E-state index is 0.0177. The number of nitrogens with two attached hydrogens (primary N) is 1. The number of aromatic nitrogens is 4. The van der Waals surface area contributed by atoms with Crippen molar-refractivity contribution < 1.29 is 32.2 Å². The van der Waals surface area contributed by atoms with E-state index >= 15 is 0 Å². The molecule has 2 aromatic heterocycles. The first-order chi connectivity index (χ1) is 21.1. The fourth-order valence-corrected chi connectivity index (χ4v) is 6.55. The second-order valence-electron chi connectivity index (χ2n) is 9.04. The quantitative estimate of drug-likeness (QED) is 0.212. The van der Waals surface area contributed by atoms with Crippen LogP contribution in [0.3, 0.4) is 0 Å². The molecule has 0 saturated heterocycles. The molecule has 0 aliphatic heterocycles. The number of primary amides is 1. The average Bonchev–Trinajstić information content (AvgIpc) is 3.69. The predicted octanol–water partition coefficient (Wildman–Crippen LogP) is 3.72. The number of anilines is 1. The van der Waals surface area contributed by atoms with Gasteiger partial charge in [-0.05, 0) is 47.4 Å². The Balaban J connectivity index is 1.51. The highest BCUT2D eigenvalue weighted by Crippen LogP contribution is 2.31. The van der Waals surface area contributed by atoms with Gasteiger partial charge in [0.2, 0.25) is 5.91 Å². The molecule has 0 radical (unpaired) electrons. The minimum atomic E-state index is -4.26. The van der Waals surface area contributed by atoms with E-state index in [1.165, 1.54) is 43.4 Å². The number of methoxy groups -OCH3 is 2. The maximum atomic E-state index is 13.9. The molecule has 3 N–H and O–H groups in total. The lowest BCUT2D eigenvalue weighted by atomic mass is 10.1. The van der Waals surface area contributed by atoms with Crippen LogP contribution in [0.5, 0.6) is 17.2 Å². The topological polar surface area (TPSA) is 181 Å². The van der Waals surface area contributed by atoms with Gasteiger partial charge in [0.05, 0.1) is 44.6 Å². The summed E-state index contributed by atoms with van der Waals surface area (Å²) < 4.78 is 48.1. The van der Waals surface area contributed by atoms with Gasteiger partial charge >= 0.3 is 16.1 Å². The van der Waals surface area contributed by atoms with Gasteiger partial charge in [0.1, 0.15) is 17.8 Å². The van der Waals surface area contributed by atoms with Crippen LogP contribution in [0.4, 0.5) is 10.5 Å². The van der Waals surface area contributed by atoms with Crippen LogP contribution in [0.1, 0.15) is 11.1 Å². The zero-order valence-corrected chi connectivity index (χ0v) is 25.5. The fraction of sp³-hybridized carbons (Fsp3) is 0.148. The van der Waals surface area contributed by atoms with E-state index in [-0.39, 0.29) is 33.8 Å². The number of carbonyl (C=O) groups is 2. The molecule has 228 valence electrons. The number of halogens is 1. The van der Waals surface area contributed by atoms with Crippen molar-refractivity contribution in [3.05, 3.63) is 83.3 Å². The van der Waals surface area contributed by atoms with Crippen LogP contribution >= 0.6 is 23.1 Å². The number of benzene rings is 3. The van der Waals surface area contributed by atoms with Gasteiger partial charge in [-0.15, -0.1) is 0 Å². The largest absolute Gasteiger partial charge is 0.497 e. The molecule has 3 aromatic carbocycles. The Morgan fingerprint density at radius 1 is 1.07 bits per heavy atom. The highest BCUT2D eigenvalue weighted by atomic mass is 35.5. The van der Waals surface area contributed by atoms with Crippen molar-refractivity contribution >= 4 is 61.7 Å². The first-order valence-corrected chi connectivity index (χ1v) is 15.2. The van der Waals surface area contributed by atoms with Crippen molar-refractivity contribution in [3.63, 3.8) is 0 Å². The highest BCUT2D eigenvalue weighted by Gasteiger charge is 2.31. The Labute approximate surface area is 260 Å². The number of hydrogen-bond acceptors (Lipinski definition) is 11. The maximum absolute atomic E-state index is 13.9. The molecule has 5 aromatic rings. The van der Waals surface area contributed by atoms with E-state index in [2.05, 4.69) is 19.8 Å². The predicted molar refractivity (Wildman–Crippen MR) is 162 cm³/mol. The number of rotatable bonds is 11. The van der Waals surface area contributed by atoms with Crippen molar-refractivity contribution in [2.75, 3.05) is 24.0 Å². The molecular formula is C27H24ClN7O7S2. The first kappa shape index (κ1) is 30.5. The standard InChI is InChI=1S/C27H24ClN7O7S2/c1-40-19-8-6-17(23(12-19)41-2)14-34(44(38,39)27-30-15-32-43-27)35-22-5-3-4-16(20(22)13-31-35)10-25(36)33-21-9-7-18(28)11-24(21)42-26(29)37/h3-9,11-13,15H,10,14H2,1-2H3,(H2,29,37)(H,33,36). The van der Waals surface area contributed by atoms with Crippen LogP contribution in [0.25, 0.3) is 10.9 Å². The second-order valence-corrected chi connectivity index (χ2v) is 12.3. The van der Waals surface area contributed by atoms with Crippen LogP contribution in [0.15, 0.2) is 71.5 Å². The third-order valence-corrected chi connectivity index (χ3v) is 9.25. The Hall–Kier alpha value is -4.93. The molecular weight excluding hydrogens is 634 g/mol. The summed E-state index contributed by atoms with van der Waals surface area (Å²) in [6, 6.07) is 14.4. The molecule has 2 amide bonds. The molecule has 0 atom stereocenters. The lowest BCUT2D eigenvalue weighted by molar-refractivity contribution is -0.115. The number of hydrogen-bond donors (Lipinski definition) is 2. The number of fused-ring (bicyclic) bond motifs is 1. The Morgan fingerprint density at radius 2 is 1.89 bits per heavy atom. The molecule has 14 nitrogen and oxygen atoms in total. The van der Waals surface area contributed by atoms with E-state index in [4.69, 9.17) is 31.5 Å². The van der Waals surface area contributed by atoms with E-state index in [1.54, 1.807) is 36.4 Å². The molecule has 0 bridgehead atoms. The van der Waals surface area contributed by atoms with Crippen LogP contribution in [-0.4, -0.2) is 53.9 Å². The molecule has 0 spiro atoms. The number of sulfonamides is 1. The summed E-state index contributed by atoms with van der Waals surface area (Å²) in [4.78, 5) is 29.5. The van der Waals surface area contributed by atoms with E-state index < -0.39 is 22.0 Å². The number of nitrogens with zero attached hydrogens (tertiary/aromatic N) is 5. The Kier molecular flexibility index (Phi) is 8.84. The lowest BCUT2D eigenvalue weighted by Crippen LogP contribution is -2.40. The molecule has 0 aliphatic carbocycles. The lowest BCUT2D eigenvalue weighted by Gasteiger charge is -2.24. The molecule has 0 fully saturated rings. The zero-order chi connectivity index (χ0) is 31.4. The molecule has 0 aliphatic rings. The van der Waals surface area contributed by atoms with E-state index in [9.17, 15) is 18.0 Å². The van der Waals surface area contributed by atoms with E-state index in [0.717, 1.165) is 22.3 Å². The van der Waals surface area contributed by atoms with Crippen LogP contribution in [0, 0.1) is 0 Å². The van der Waals surface area contributed by atoms with Gasteiger partial charge in [-0.25, -0.2) is 9.78 Å². The van der Waals surface area contributed by atoms with Crippen molar-refractivity contribution in [3.8, 4) is 17.2 Å². The van der Waals surface area contributed by atoms with Gasteiger partial charge in [0, 0.05) is 28.1 Å². The maximum Gasteiger partial charge on any atom is 0.410 e. The van der Waals surface area contributed by atoms with Gasteiger partial charge in [-0.3, -0.25) is 4.79 Å². The van der Waals surface area contributed by atoms with Crippen molar-refractivity contribution in [2.24, 2.45) is 5.73 Å². The molecule has 44 heavy (non-hydrogen) atoms. The summed E-state index contributed by atoms with van der Waals surface area (Å²) in [7, 11) is -1.28. The summed E-state index contributed by atoms with van der Waals surface area (Å²) in [5.74, 6) is 0.458. The molecule has 2 heterocycles. The number of amides is 2. The van der Waals surface area contributed by atoms with Gasteiger partial charge in [0.15, 0.2) is 5.75 Å². The summed E-state index contributed by atoms with van der Waals surface area (Å²) in [5.41, 5.74) is 6.80. The fourth-order valence-electron chi connectivity index (χ4n) is 4.34. The summed E-state index contributed by atoms with van der Waals surface area (Å²) in [6.45, 7) is -0.185. The average molecular weight is 658 g/mol. The van der Waals surface area contributed by atoms with Crippen LogP contribution in [-0.2, 0) is 27.8 Å². The molecule has 0 unspecified atom stereocenters. The third kappa shape index (κ3) is 6.36. The summed E-state index contributed by atoms with van der Waals surface area (Å²) in [6.07, 6.45) is 1.43. The Bertz CT molecular complexity index is 1950. The zero-order valence-electron chi connectivity index (χ0n) is 23.1. The summed E-state index contributed by atoms with van der Waals surface area (Å²) in [5, 5.41) is 7.88. The number of ether oxygens (including phenoxy) is 3. The smallest absolute Gasteiger partial charge is 0.410 e. The summed E-state index contributed by atoms with van der Waals surface area (Å²) >= 11 is 6.71. The normalized spacial score (nSPS) is 11.2. The molecule has 0 saturated carbocycles. The molecule has 17 heteroatoms. The highest BCUT2D eigenvalue weighted by molar-refractivity contribution is 7.94. The third-order valence-electron chi connectivity index (χ3n) is 6.31. The first-order valence-electron chi connectivity index (χ1n) is 12.6. The molecule has 5 rings (SSSR count). The monoisotopic (exact) mass is 657 g/mol. The number of nitrogens with one attached hydrogen (secondary N) is 1. The van der Waals surface area contributed by atoms with Crippen molar-refractivity contribution in [1.82, 2.24) is 19.2 Å². The van der Waals surface area contributed by atoms with E-state index in [1.807, 2.05) is 0 Å². The van der Waals surface area contributed by atoms with E-state index in [0.29, 0.717) is 33.5 Å². The van der Waals surface area contributed by atoms with Gasteiger partial charge in [-0.2, -0.15) is 27.1 Å². The van der Waals surface area contributed by atoms with Crippen LogP contribution in [0.2, 0.25) is 5.02 Å². The SMILES string of the molecule is COc1ccc(CN(n2ncc3c(CC(=O)Nc4ccc(Cl)cc4OC(N)=O)cccc32)S(=O)(=O)c2ncns2)c(OC)c1. The Morgan fingerprint density at radius 3 is 2.59 bits per heavy atom. The van der Waals surface area contributed by atoms with Gasteiger partial charge in [0.25, 0.3) is 4.34 Å². The second kappa shape index (κ2) is 12.7. The van der Waals surface area contributed by atoms with Gasteiger partial charge in [-0.1, -0.05) is 23.7 Å². The number of carbonyl (C=O) groups excluding carboxylic acids is 2. The van der Waals surface area contributed by atoms with Crippen molar-refractivity contribution in [2.45, 2.75) is 17.3 Å². The van der Waals surface area contributed by atoms with Gasteiger partial charge < -0.3 is 25.3 Å². The minimum Gasteiger partial charge on any atom is -0.497 e.